The van der Waals surface area contributed by atoms with E-state index in [0.29, 0.717) is 0 Å². The van der Waals surface area contributed by atoms with Crippen molar-refractivity contribution in [3.05, 3.63) is 36.0 Å². The predicted octanol–water partition coefficient (Wildman–Crippen LogP) is 2.74. The van der Waals surface area contributed by atoms with E-state index >= 15 is 0 Å². The summed E-state index contributed by atoms with van der Waals surface area (Å²) in [6.07, 6.45) is 5.08. The second kappa shape index (κ2) is 8.33. The van der Waals surface area contributed by atoms with Crippen LogP contribution in [-0.4, -0.2) is 22.7 Å². The van der Waals surface area contributed by atoms with Crippen LogP contribution in [0, 0.1) is 0 Å². The first-order valence-electron chi connectivity index (χ1n) is 7.94. The number of nitrogens with one attached hydrogen (secondary N) is 2. The number of carbonyl (C=O) groups excluding carboxylic acids is 1. The van der Waals surface area contributed by atoms with Crippen molar-refractivity contribution in [3.8, 4) is 17.0 Å². The third kappa shape index (κ3) is 4.32. The average Bonchev–Trinajstić information content (AvgIpc) is 3.07. The Hall–Kier alpha value is -2.34. The monoisotopic (exact) mass is 316 g/mol. The zero-order chi connectivity index (χ0) is 16.7. The summed E-state index contributed by atoms with van der Waals surface area (Å²) in [5, 5.41) is 7.00. The molecule has 124 valence electrons. The summed E-state index contributed by atoms with van der Waals surface area (Å²) in [5.41, 5.74) is 4.76. The summed E-state index contributed by atoms with van der Waals surface area (Å²) in [6, 6.07) is 7.78. The molecule has 0 fully saturated rings. The van der Waals surface area contributed by atoms with Crippen molar-refractivity contribution in [1.82, 2.24) is 15.6 Å². The molecule has 1 atom stereocenters. The lowest BCUT2D eigenvalue weighted by Gasteiger charge is -2.11. The van der Waals surface area contributed by atoms with E-state index in [0.717, 1.165) is 35.6 Å². The van der Waals surface area contributed by atoms with Crippen molar-refractivity contribution in [2.45, 2.75) is 39.0 Å². The summed E-state index contributed by atoms with van der Waals surface area (Å²) in [4.78, 5) is 11.7. The summed E-state index contributed by atoms with van der Waals surface area (Å²) in [5.74, 6) is 5.43. The maximum Gasteiger partial charge on any atom is 0.241 e. The molecule has 6 heteroatoms. The molecule has 0 aliphatic rings. The predicted molar refractivity (Wildman–Crippen MR) is 89.8 cm³/mol. The minimum absolute atomic E-state index is 0.247. The van der Waals surface area contributed by atoms with Gasteiger partial charge in [0, 0.05) is 11.1 Å². The van der Waals surface area contributed by atoms with Gasteiger partial charge in [0.25, 0.3) is 0 Å². The molecule has 6 nitrogen and oxygen atoms in total. The van der Waals surface area contributed by atoms with E-state index in [1.807, 2.05) is 24.3 Å². The van der Waals surface area contributed by atoms with E-state index in [-0.39, 0.29) is 11.8 Å². The van der Waals surface area contributed by atoms with Gasteiger partial charge < -0.3 is 4.74 Å². The maximum atomic E-state index is 11.7. The van der Waals surface area contributed by atoms with Crippen LogP contribution < -0.4 is 16.0 Å². The molecule has 2 rings (SSSR count). The Morgan fingerprint density at radius 3 is 2.74 bits per heavy atom. The van der Waals surface area contributed by atoms with Gasteiger partial charge in [-0.2, -0.15) is 5.10 Å². The van der Waals surface area contributed by atoms with Crippen LogP contribution in [0.5, 0.6) is 5.75 Å². The summed E-state index contributed by atoms with van der Waals surface area (Å²) in [6.45, 7) is 4.70. The van der Waals surface area contributed by atoms with Crippen molar-refractivity contribution < 1.29 is 9.53 Å². The summed E-state index contributed by atoms with van der Waals surface area (Å²) < 4.78 is 5.71. The fraction of sp³-hybridized carbons (Fsp3) is 0.412. The molecule has 0 aliphatic heterocycles. The van der Waals surface area contributed by atoms with Crippen molar-refractivity contribution >= 4 is 5.91 Å². The maximum absolute atomic E-state index is 11.7. The Kier molecular flexibility index (Phi) is 6.17. The molecule has 1 amide bonds. The minimum Gasteiger partial charge on any atom is -0.494 e. The topological polar surface area (TPSA) is 93.0 Å². The van der Waals surface area contributed by atoms with Gasteiger partial charge in [-0.1, -0.05) is 19.8 Å². The van der Waals surface area contributed by atoms with Gasteiger partial charge in [-0.05, 0) is 37.6 Å². The first-order valence-corrected chi connectivity index (χ1v) is 7.94. The third-order valence-electron chi connectivity index (χ3n) is 3.83. The first-order chi connectivity index (χ1) is 11.2. The lowest BCUT2D eigenvalue weighted by molar-refractivity contribution is -0.122. The first kappa shape index (κ1) is 17.0. The lowest BCUT2D eigenvalue weighted by atomic mass is 9.97. The molecule has 0 radical (unpaired) electrons. The largest absolute Gasteiger partial charge is 0.494 e. The van der Waals surface area contributed by atoms with E-state index in [1.54, 1.807) is 13.1 Å². The molecular weight excluding hydrogens is 292 g/mol. The van der Waals surface area contributed by atoms with Gasteiger partial charge in [-0.3, -0.25) is 15.3 Å². The number of hydrazine groups is 1. The average molecular weight is 316 g/mol. The molecular formula is C17H24N4O2. The molecule has 1 aromatic heterocycles. The van der Waals surface area contributed by atoms with Crippen LogP contribution in [0.1, 0.15) is 44.6 Å². The smallest absolute Gasteiger partial charge is 0.241 e. The minimum atomic E-state index is -0.376. The van der Waals surface area contributed by atoms with E-state index < -0.39 is 0 Å². The van der Waals surface area contributed by atoms with Crippen LogP contribution in [0.3, 0.4) is 0 Å². The van der Waals surface area contributed by atoms with Crippen LogP contribution in [-0.2, 0) is 4.79 Å². The normalized spacial score (nSPS) is 12.0. The third-order valence-corrected chi connectivity index (χ3v) is 3.83. The van der Waals surface area contributed by atoms with Crippen molar-refractivity contribution in [3.63, 3.8) is 0 Å². The lowest BCUT2D eigenvalue weighted by Crippen LogP contribution is -2.33. The van der Waals surface area contributed by atoms with Crippen LogP contribution in [0.15, 0.2) is 30.5 Å². The number of rotatable bonds is 8. The standard InChI is InChI=1S/C17H24N4O2/c1-3-4-5-10-23-14-8-6-13(7-9-14)16-15(11-19-21-16)12(2)17(22)20-18/h6-9,11-12H,3-5,10,18H2,1-2H3,(H,19,21)(H,20,22). The number of H-pyrrole nitrogens is 1. The second-order valence-corrected chi connectivity index (χ2v) is 5.51. The molecule has 23 heavy (non-hydrogen) atoms. The summed E-state index contributed by atoms with van der Waals surface area (Å²) >= 11 is 0. The zero-order valence-electron chi connectivity index (χ0n) is 13.6. The molecule has 1 aromatic carbocycles. The SMILES string of the molecule is CCCCCOc1ccc(-c2[nH]ncc2C(C)C(=O)NN)cc1. The number of unbranched alkanes of at least 4 members (excludes halogenated alkanes) is 2. The van der Waals surface area contributed by atoms with Gasteiger partial charge in [0.1, 0.15) is 5.75 Å². The van der Waals surface area contributed by atoms with E-state index in [1.165, 1.54) is 12.8 Å². The molecule has 0 saturated heterocycles. The quantitative estimate of drug-likeness (QED) is 0.302. The fourth-order valence-corrected chi connectivity index (χ4v) is 2.38. The van der Waals surface area contributed by atoms with Gasteiger partial charge >= 0.3 is 0 Å². The fourth-order valence-electron chi connectivity index (χ4n) is 2.38. The number of hydrogen-bond acceptors (Lipinski definition) is 4. The van der Waals surface area contributed by atoms with E-state index in [9.17, 15) is 4.79 Å². The Morgan fingerprint density at radius 1 is 1.35 bits per heavy atom. The molecule has 4 N–H and O–H groups in total. The highest BCUT2D eigenvalue weighted by molar-refractivity contribution is 5.85. The highest BCUT2D eigenvalue weighted by Crippen LogP contribution is 2.28. The highest BCUT2D eigenvalue weighted by Gasteiger charge is 2.20. The molecule has 1 heterocycles. The Morgan fingerprint density at radius 2 is 2.09 bits per heavy atom. The number of aromatic amines is 1. The molecule has 0 bridgehead atoms. The number of ether oxygens (including phenoxy) is 1. The number of benzene rings is 1. The number of aromatic nitrogens is 2. The summed E-state index contributed by atoms with van der Waals surface area (Å²) in [7, 11) is 0. The van der Waals surface area contributed by atoms with Gasteiger partial charge in [-0.15, -0.1) is 0 Å². The van der Waals surface area contributed by atoms with Gasteiger partial charge in [-0.25, -0.2) is 5.84 Å². The number of amides is 1. The van der Waals surface area contributed by atoms with Crippen LogP contribution >= 0.6 is 0 Å². The number of nitrogens with zero attached hydrogens (tertiary/aromatic N) is 1. The van der Waals surface area contributed by atoms with Crippen molar-refractivity contribution in [2.24, 2.45) is 5.84 Å². The van der Waals surface area contributed by atoms with Crippen molar-refractivity contribution in [2.75, 3.05) is 6.61 Å². The van der Waals surface area contributed by atoms with E-state index in [2.05, 4.69) is 22.5 Å². The Labute approximate surface area is 136 Å². The van der Waals surface area contributed by atoms with Crippen molar-refractivity contribution in [1.29, 1.82) is 0 Å². The molecule has 0 saturated carbocycles. The molecule has 1 unspecified atom stereocenters. The number of nitrogens with two attached hydrogens (primary N) is 1. The van der Waals surface area contributed by atoms with Gasteiger partial charge in [0.2, 0.25) is 5.91 Å². The van der Waals surface area contributed by atoms with Crippen LogP contribution in [0.2, 0.25) is 0 Å². The second-order valence-electron chi connectivity index (χ2n) is 5.51. The van der Waals surface area contributed by atoms with Crippen LogP contribution in [0.4, 0.5) is 0 Å². The molecule has 0 aliphatic carbocycles. The zero-order valence-corrected chi connectivity index (χ0v) is 13.6. The molecule has 2 aromatic rings. The van der Waals surface area contributed by atoms with Gasteiger partial charge in [0.05, 0.1) is 24.4 Å². The number of hydrogen-bond donors (Lipinski definition) is 3. The Balaban J connectivity index is 2.08. The number of carbonyl (C=O) groups is 1. The Bertz CT molecular complexity index is 622. The highest BCUT2D eigenvalue weighted by atomic mass is 16.5. The molecule has 0 spiro atoms. The van der Waals surface area contributed by atoms with Crippen LogP contribution in [0.25, 0.3) is 11.3 Å². The van der Waals surface area contributed by atoms with Gasteiger partial charge in [0.15, 0.2) is 0 Å². The van der Waals surface area contributed by atoms with E-state index in [4.69, 9.17) is 10.6 Å².